The van der Waals surface area contributed by atoms with E-state index in [1.807, 2.05) is 55.5 Å². The minimum absolute atomic E-state index is 0.110. The maximum atomic E-state index is 12.7. The Bertz CT molecular complexity index is 768. The van der Waals surface area contributed by atoms with Crippen molar-refractivity contribution in [1.82, 2.24) is 4.98 Å². The van der Waals surface area contributed by atoms with Crippen LogP contribution in [-0.4, -0.2) is 17.4 Å². The van der Waals surface area contributed by atoms with Gasteiger partial charge in [0.05, 0.1) is 24.7 Å². The molecule has 24 heavy (non-hydrogen) atoms. The van der Waals surface area contributed by atoms with E-state index >= 15 is 0 Å². The third kappa shape index (κ3) is 3.63. The van der Waals surface area contributed by atoms with Gasteiger partial charge in [0.25, 0.3) is 5.91 Å². The van der Waals surface area contributed by atoms with Gasteiger partial charge in [-0.2, -0.15) is 0 Å². The predicted octanol–water partition coefficient (Wildman–Crippen LogP) is 3.95. The van der Waals surface area contributed by atoms with Crippen LogP contribution in [0, 0.1) is 0 Å². The lowest BCUT2D eigenvalue weighted by Crippen LogP contribution is -2.31. The first-order valence-electron chi connectivity index (χ1n) is 7.87. The quantitative estimate of drug-likeness (QED) is 0.747. The van der Waals surface area contributed by atoms with Gasteiger partial charge in [-0.1, -0.05) is 18.2 Å². The zero-order valence-electron chi connectivity index (χ0n) is 13.5. The molecule has 122 valence electrons. The Labute approximate surface area is 140 Å². The van der Waals surface area contributed by atoms with E-state index in [1.165, 1.54) is 0 Å². The Balaban J connectivity index is 1.69. The van der Waals surface area contributed by atoms with E-state index in [4.69, 9.17) is 4.42 Å². The fraction of sp³-hybridized carbons (Fsp3) is 0.158. The van der Waals surface area contributed by atoms with Crippen molar-refractivity contribution in [2.24, 2.45) is 0 Å². The number of anilines is 2. The molecule has 0 radical (unpaired) electrons. The lowest BCUT2D eigenvalue weighted by atomic mass is 10.2. The minimum atomic E-state index is -0.110. The van der Waals surface area contributed by atoms with Crippen LogP contribution in [0.3, 0.4) is 0 Å². The molecule has 0 unspecified atom stereocenters. The van der Waals surface area contributed by atoms with Gasteiger partial charge in [-0.05, 0) is 43.3 Å². The number of amides is 1. The van der Waals surface area contributed by atoms with Crippen molar-refractivity contribution in [2.45, 2.75) is 13.5 Å². The fourth-order valence-electron chi connectivity index (χ4n) is 2.42. The zero-order valence-corrected chi connectivity index (χ0v) is 13.5. The molecule has 0 bridgehead atoms. The molecule has 0 aliphatic heterocycles. The summed E-state index contributed by atoms with van der Waals surface area (Å²) < 4.78 is 5.27. The smallest absolute Gasteiger partial charge is 0.276 e. The second-order valence-corrected chi connectivity index (χ2v) is 5.25. The minimum Gasteiger partial charge on any atom is -0.467 e. The number of carbonyl (C=O) groups excluding carboxylic acids is 1. The van der Waals surface area contributed by atoms with Crippen LogP contribution in [0.2, 0.25) is 0 Å². The largest absolute Gasteiger partial charge is 0.467 e. The third-order valence-corrected chi connectivity index (χ3v) is 3.66. The molecule has 0 fully saturated rings. The summed E-state index contributed by atoms with van der Waals surface area (Å²) >= 11 is 0. The first-order valence-corrected chi connectivity index (χ1v) is 7.87. The van der Waals surface area contributed by atoms with Gasteiger partial charge in [-0.25, -0.2) is 4.98 Å². The lowest BCUT2D eigenvalue weighted by Gasteiger charge is -2.20. The lowest BCUT2D eigenvalue weighted by molar-refractivity contribution is 0.0983. The Morgan fingerprint density at radius 1 is 1.12 bits per heavy atom. The number of benzene rings is 1. The van der Waals surface area contributed by atoms with Gasteiger partial charge in [0.2, 0.25) is 0 Å². The van der Waals surface area contributed by atoms with Crippen molar-refractivity contribution in [3.8, 4) is 0 Å². The molecule has 0 saturated heterocycles. The molecule has 0 saturated carbocycles. The Kier molecular flexibility index (Phi) is 4.91. The number of rotatable bonds is 6. The fourth-order valence-corrected chi connectivity index (χ4v) is 2.42. The third-order valence-electron chi connectivity index (χ3n) is 3.66. The van der Waals surface area contributed by atoms with Crippen molar-refractivity contribution in [3.05, 3.63) is 78.5 Å². The number of nitrogens with one attached hydrogen (secondary N) is 1. The van der Waals surface area contributed by atoms with Crippen molar-refractivity contribution in [1.29, 1.82) is 0 Å². The van der Waals surface area contributed by atoms with Gasteiger partial charge < -0.3 is 14.6 Å². The maximum Gasteiger partial charge on any atom is 0.276 e. The number of para-hydroxylation sites is 1. The molecule has 1 amide bonds. The Morgan fingerprint density at radius 3 is 2.58 bits per heavy atom. The summed E-state index contributed by atoms with van der Waals surface area (Å²) in [5.41, 5.74) is 2.13. The second-order valence-electron chi connectivity index (χ2n) is 5.25. The van der Waals surface area contributed by atoms with E-state index in [9.17, 15) is 4.79 Å². The van der Waals surface area contributed by atoms with E-state index in [0.717, 1.165) is 17.1 Å². The summed E-state index contributed by atoms with van der Waals surface area (Å²) in [4.78, 5) is 18.7. The summed E-state index contributed by atoms with van der Waals surface area (Å²) in [7, 11) is 0. The van der Waals surface area contributed by atoms with Crippen molar-refractivity contribution in [2.75, 3.05) is 16.8 Å². The van der Waals surface area contributed by atoms with Gasteiger partial charge in [0.1, 0.15) is 11.5 Å². The van der Waals surface area contributed by atoms with Crippen LogP contribution >= 0.6 is 0 Å². The van der Waals surface area contributed by atoms with E-state index in [1.54, 1.807) is 23.4 Å². The highest BCUT2D eigenvalue weighted by Crippen LogP contribution is 2.17. The van der Waals surface area contributed by atoms with Crippen molar-refractivity contribution < 1.29 is 9.21 Å². The van der Waals surface area contributed by atoms with Crippen LogP contribution in [0.4, 0.5) is 11.4 Å². The van der Waals surface area contributed by atoms with Crippen LogP contribution < -0.4 is 10.2 Å². The summed E-state index contributed by atoms with van der Waals surface area (Å²) in [6.07, 6.45) is 3.30. The van der Waals surface area contributed by atoms with Crippen LogP contribution in [0.5, 0.6) is 0 Å². The average Bonchev–Trinajstić information content (AvgIpc) is 3.15. The van der Waals surface area contributed by atoms with Crippen LogP contribution in [0.25, 0.3) is 0 Å². The number of carbonyl (C=O) groups is 1. The zero-order chi connectivity index (χ0) is 16.8. The van der Waals surface area contributed by atoms with E-state index in [2.05, 4.69) is 10.3 Å². The number of hydrogen-bond acceptors (Lipinski definition) is 4. The number of aromatic nitrogens is 1. The van der Waals surface area contributed by atoms with Crippen LogP contribution in [0.15, 0.2) is 71.5 Å². The molecule has 5 heteroatoms. The molecule has 3 rings (SSSR count). The topological polar surface area (TPSA) is 58.4 Å². The molecule has 3 aromatic rings. The molecule has 0 aliphatic carbocycles. The highest BCUT2D eigenvalue weighted by molar-refractivity contribution is 6.04. The Hall–Kier alpha value is -3.08. The normalized spacial score (nSPS) is 10.4. The highest BCUT2D eigenvalue weighted by Gasteiger charge is 2.16. The standard InChI is InChI=1S/C19H19N3O2/c1-2-22(16-7-4-3-5-8-16)19(23)18-11-10-15(13-21-18)20-14-17-9-6-12-24-17/h3-13,20H,2,14H2,1H3. The predicted molar refractivity (Wildman–Crippen MR) is 94.1 cm³/mol. The maximum absolute atomic E-state index is 12.7. The summed E-state index contributed by atoms with van der Waals surface area (Å²) in [6.45, 7) is 3.11. The first kappa shape index (κ1) is 15.8. The highest BCUT2D eigenvalue weighted by atomic mass is 16.3. The van der Waals surface area contributed by atoms with Crippen molar-refractivity contribution >= 4 is 17.3 Å². The molecular weight excluding hydrogens is 302 g/mol. The van der Waals surface area contributed by atoms with Gasteiger partial charge >= 0.3 is 0 Å². The summed E-state index contributed by atoms with van der Waals surface area (Å²) in [5.74, 6) is 0.734. The molecule has 5 nitrogen and oxygen atoms in total. The summed E-state index contributed by atoms with van der Waals surface area (Å²) in [5, 5.41) is 3.21. The number of furan rings is 1. The van der Waals surface area contributed by atoms with Gasteiger partial charge in [0, 0.05) is 12.2 Å². The monoisotopic (exact) mass is 321 g/mol. The molecule has 0 spiro atoms. The SMILES string of the molecule is CCN(C(=O)c1ccc(NCc2ccco2)cn1)c1ccccc1. The number of hydrogen-bond donors (Lipinski definition) is 1. The molecule has 0 atom stereocenters. The number of pyridine rings is 1. The van der Waals surface area contributed by atoms with E-state index < -0.39 is 0 Å². The van der Waals surface area contributed by atoms with E-state index in [0.29, 0.717) is 18.8 Å². The molecule has 2 heterocycles. The van der Waals surface area contributed by atoms with Gasteiger partial charge in [0.15, 0.2) is 0 Å². The van der Waals surface area contributed by atoms with E-state index in [-0.39, 0.29) is 5.91 Å². The molecule has 1 N–H and O–H groups in total. The van der Waals surface area contributed by atoms with Crippen molar-refractivity contribution in [3.63, 3.8) is 0 Å². The van der Waals surface area contributed by atoms with Gasteiger partial charge in [-0.3, -0.25) is 4.79 Å². The molecule has 1 aromatic carbocycles. The molecule has 2 aromatic heterocycles. The average molecular weight is 321 g/mol. The molecular formula is C19H19N3O2. The summed E-state index contributed by atoms with van der Waals surface area (Å²) in [6, 6.07) is 16.9. The number of nitrogens with zero attached hydrogens (tertiary/aromatic N) is 2. The van der Waals surface area contributed by atoms with Crippen LogP contribution in [0.1, 0.15) is 23.2 Å². The van der Waals surface area contributed by atoms with Crippen LogP contribution in [-0.2, 0) is 6.54 Å². The second kappa shape index (κ2) is 7.46. The van der Waals surface area contributed by atoms with Gasteiger partial charge in [-0.15, -0.1) is 0 Å². The first-order chi connectivity index (χ1) is 11.8. The molecule has 0 aliphatic rings. The Morgan fingerprint density at radius 2 is 1.96 bits per heavy atom.